The lowest BCUT2D eigenvalue weighted by atomic mass is 10.1. The average molecular weight is 394 g/mol. The van der Waals surface area contributed by atoms with Gasteiger partial charge in [-0.2, -0.15) is 0 Å². The monoisotopic (exact) mass is 394 g/mol. The van der Waals surface area contributed by atoms with Gasteiger partial charge in [-0.05, 0) is 49.7 Å². The number of rotatable bonds is 7. The van der Waals surface area contributed by atoms with Gasteiger partial charge in [-0.25, -0.2) is 17.6 Å². The van der Waals surface area contributed by atoms with Gasteiger partial charge in [0.05, 0.1) is 23.0 Å². The lowest BCUT2D eigenvalue weighted by Crippen LogP contribution is -2.27. The van der Waals surface area contributed by atoms with Gasteiger partial charge in [0.15, 0.2) is 0 Å². The van der Waals surface area contributed by atoms with Crippen molar-refractivity contribution in [2.45, 2.75) is 19.9 Å². The Bertz CT molecular complexity index is 958. The number of hydrogen-bond acceptors (Lipinski definition) is 4. The van der Waals surface area contributed by atoms with E-state index in [4.69, 9.17) is 0 Å². The highest BCUT2D eigenvalue weighted by molar-refractivity contribution is 7.92. The van der Waals surface area contributed by atoms with E-state index >= 15 is 0 Å². The molecule has 0 saturated carbocycles. The number of benzene rings is 2. The Morgan fingerprint density at radius 1 is 1.11 bits per heavy atom. The molecule has 0 fully saturated rings. The van der Waals surface area contributed by atoms with E-state index in [9.17, 15) is 27.5 Å². The predicted molar refractivity (Wildman–Crippen MR) is 98.8 cm³/mol. The van der Waals surface area contributed by atoms with E-state index in [-0.39, 0.29) is 22.6 Å². The summed E-state index contributed by atoms with van der Waals surface area (Å²) in [5.74, 6) is -2.49. The third kappa shape index (κ3) is 5.52. The van der Waals surface area contributed by atoms with Crippen molar-refractivity contribution in [3.05, 3.63) is 65.0 Å². The number of carbonyl (C=O) groups is 2. The van der Waals surface area contributed by atoms with Crippen LogP contribution in [0.25, 0.3) is 0 Å². The Balaban J connectivity index is 2.29. The van der Waals surface area contributed by atoms with E-state index in [0.29, 0.717) is 5.56 Å². The van der Waals surface area contributed by atoms with Crippen LogP contribution in [-0.2, 0) is 10.0 Å². The van der Waals surface area contributed by atoms with Crippen LogP contribution in [-0.4, -0.2) is 31.2 Å². The first-order valence-electron chi connectivity index (χ1n) is 8.06. The highest BCUT2D eigenvalue weighted by Gasteiger charge is 2.17. The van der Waals surface area contributed by atoms with E-state index in [2.05, 4.69) is 10.0 Å². The molecule has 1 atom stereocenters. The highest BCUT2D eigenvalue weighted by atomic mass is 32.2. The van der Waals surface area contributed by atoms with Crippen molar-refractivity contribution in [2.24, 2.45) is 0 Å². The predicted octanol–water partition coefficient (Wildman–Crippen LogP) is 2.78. The second kappa shape index (κ2) is 8.17. The smallest absolute Gasteiger partial charge is 0.335 e. The van der Waals surface area contributed by atoms with Crippen molar-refractivity contribution in [1.82, 2.24) is 5.32 Å². The molecule has 27 heavy (non-hydrogen) atoms. The number of nitrogens with one attached hydrogen (secondary N) is 2. The first kappa shape index (κ1) is 20.4. The Labute approximate surface area is 156 Å². The van der Waals surface area contributed by atoms with Gasteiger partial charge in [-0.1, -0.05) is 12.1 Å². The van der Waals surface area contributed by atoms with Crippen LogP contribution in [0, 0.1) is 5.82 Å². The molecular weight excluding hydrogens is 375 g/mol. The zero-order valence-electron chi connectivity index (χ0n) is 14.7. The molecule has 0 aliphatic heterocycles. The van der Waals surface area contributed by atoms with Crippen LogP contribution >= 0.6 is 0 Å². The number of hydrogen-bond donors (Lipinski definition) is 3. The van der Waals surface area contributed by atoms with Crippen molar-refractivity contribution < 1.29 is 27.5 Å². The summed E-state index contributed by atoms with van der Waals surface area (Å²) in [4.78, 5) is 23.8. The number of amides is 1. The van der Waals surface area contributed by atoms with Crippen LogP contribution < -0.4 is 10.0 Å². The van der Waals surface area contributed by atoms with Gasteiger partial charge in [0.25, 0.3) is 5.91 Å². The van der Waals surface area contributed by atoms with E-state index in [1.54, 1.807) is 6.92 Å². The van der Waals surface area contributed by atoms with E-state index in [0.717, 1.165) is 12.1 Å². The SMILES string of the molecule is CCS(=O)(=O)Nc1cc(C(=O)O)cc(C(=O)N[C@H](C)c2ccc(F)cc2)c1. The molecule has 2 aromatic rings. The fraction of sp³-hybridized carbons (Fsp3) is 0.222. The molecule has 3 N–H and O–H groups in total. The number of carboxylic acids is 1. The molecule has 0 aliphatic carbocycles. The van der Waals surface area contributed by atoms with Crippen molar-refractivity contribution in [2.75, 3.05) is 10.5 Å². The summed E-state index contributed by atoms with van der Waals surface area (Å²) in [6.45, 7) is 3.12. The Morgan fingerprint density at radius 3 is 2.26 bits per heavy atom. The second-order valence-corrected chi connectivity index (χ2v) is 7.87. The normalized spacial score (nSPS) is 12.3. The van der Waals surface area contributed by atoms with Crippen molar-refractivity contribution in [3.63, 3.8) is 0 Å². The van der Waals surface area contributed by atoms with Gasteiger partial charge in [-0.15, -0.1) is 0 Å². The molecule has 0 spiro atoms. The summed E-state index contributed by atoms with van der Waals surface area (Å²) in [5.41, 5.74) is 0.394. The fourth-order valence-electron chi connectivity index (χ4n) is 2.31. The summed E-state index contributed by atoms with van der Waals surface area (Å²) < 4.78 is 38.7. The van der Waals surface area contributed by atoms with Gasteiger partial charge in [-0.3, -0.25) is 9.52 Å². The number of anilines is 1. The standard InChI is InChI=1S/C18H19FN2O5S/c1-3-27(25,26)21-16-9-13(8-14(10-16)18(23)24)17(22)20-11(2)12-4-6-15(19)7-5-12/h4-11,21H,3H2,1-2H3,(H,20,22)(H,23,24)/t11-/m1/s1. The molecule has 0 unspecified atom stereocenters. The summed E-state index contributed by atoms with van der Waals surface area (Å²) in [5, 5.41) is 11.9. The summed E-state index contributed by atoms with van der Waals surface area (Å²) in [7, 11) is -3.64. The molecule has 0 heterocycles. The third-order valence-corrected chi connectivity index (χ3v) is 5.12. The topological polar surface area (TPSA) is 113 Å². The molecule has 2 aromatic carbocycles. The fourth-order valence-corrected chi connectivity index (χ4v) is 2.93. The Hall–Kier alpha value is -2.94. The molecular formula is C18H19FN2O5S. The number of carboxylic acid groups (broad SMARTS) is 1. The van der Waals surface area contributed by atoms with Gasteiger partial charge < -0.3 is 10.4 Å². The third-order valence-electron chi connectivity index (χ3n) is 3.81. The summed E-state index contributed by atoms with van der Waals surface area (Å²) >= 11 is 0. The minimum atomic E-state index is -3.64. The lowest BCUT2D eigenvalue weighted by Gasteiger charge is -2.15. The van der Waals surface area contributed by atoms with Crippen molar-refractivity contribution >= 4 is 27.6 Å². The Morgan fingerprint density at radius 2 is 1.70 bits per heavy atom. The van der Waals surface area contributed by atoms with Crippen LogP contribution in [0.3, 0.4) is 0 Å². The molecule has 7 nitrogen and oxygen atoms in total. The summed E-state index contributed by atoms with van der Waals surface area (Å²) in [6.07, 6.45) is 0. The first-order chi connectivity index (χ1) is 12.6. The molecule has 0 aromatic heterocycles. The van der Waals surface area contributed by atoms with E-state index in [1.165, 1.54) is 37.3 Å². The molecule has 0 radical (unpaired) electrons. The maximum atomic E-state index is 13.0. The average Bonchev–Trinajstić information content (AvgIpc) is 2.61. The number of halogens is 1. The number of sulfonamides is 1. The van der Waals surface area contributed by atoms with Crippen molar-refractivity contribution in [1.29, 1.82) is 0 Å². The minimum absolute atomic E-state index is 0.0161. The largest absolute Gasteiger partial charge is 0.478 e. The van der Waals surface area contributed by atoms with Crippen LogP contribution in [0.15, 0.2) is 42.5 Å². The van der Waals surface area contributed by atoms with Gasteiger partial charge in [0.2, 0.25) is 10.0 Å². The minimum Gasteiger partial charge on any atom is -0.478 e. The Kier molecular flexibility index (Phi) is 6.17. The molecule has 2 rings (SSSR count). The van der Waals surface area contributed by atoms with Crippen LogP contribution in [0.1, 0.15) is 46.2 Å². The zero-order valence-corrected chi connectivity index (χ0v) is 15.5. The maximum Gasteiger partial charge on any atom is 0.335 e. The number of aromatic carboxylic acids is 1. The lowest BCUT2D eigenvalue weighted by molar-refractivity contribution is 0.0697. The number of carbonyl (C=O) groups excluding carboxylic acids is 1. The van der Waals surface area contributed by atoms with Gasteiger partial charge in [0.1, 0.15) is 5.82 Å². The van der Waals surface area contributed by atoms with Crippen LogP contribution in [0.4, 0.5) is 10.1 Å². The van der Waals surface area contributed by atoms with Crippen LogP contribution in [0.2, 0.25) is 0 Å². The highest BCUT2D eigenvalue weighted by Crippen LogP contribution is 2.19. The van der Waals surface area contributed by atoms with Crippen molar-refractivity contribution in [3.8, 4) is 0 Å². The van der Waals surface area contributed by atoms with Crippen LogP contribution in [0.5, 0.6) is 0 Å². The molecule has 0 bridgehead atoms. The second-order valence-electron chi connectivity index (χ2n) is 5.86. The van der Waals surface area contributed by atoms with Gasteiger partial charge in [0, 0.05) is 5.56 Å². The maximum absolute atomic E-state index is 13.0. The molecule has 1 amide bonds. The zero-order chi connectivity index (χ0) is 20.2. The van der Waals surface area contributed by atoms with Gasteiger partial charge >= 0.3 is 5.97 Å². The van der Waals surface area contributed by atoms with E-state index < -0.39 is 33.8 Å². The first-order valence-corrected chi connectivity index (χ1v) is 9.71. The quantitative estimate of drug-likeness (QED) is 0.668. The summed E-state index contributed by atoms with van der Waals surface area (Å²) in [6, 6.07) is 8.65. The van der Waals surface area contributed by atoms with E-state index in [1.807, 2.05) is 0 Å². The molecule has 9 heteroatoms. The molecule has 0 aliphatic rings. The molecule has 0 saturated heterocycles. The molecule has 144 valence electrons.